The second-order valence-electron chi connectivity index (χ2n) is 6.05. The highest BCUT2D eigenvalue weighted by atomic mass is 32.2. The molecule has 0 amide bonds. The Kier molecular flexibility index (Phi) is 6.93. The number of hydrogen-bond acceptors (Lipinski definition) is 7. The van der Waals surface area contributed by atoms with E-state index in [2.05, 4.69) is 4.90 Å². The van der Waals surface area contributed by atoms with Crippen molar-refractivity contribution >= 4 is 21.4 Å². The Balaban J connectivity index is 2.32. The maximum Gasteiger partial charge on any atom is 0.293 e. The van der Waals surface area contributed by atoms with Crippen molar-refractivity contribution < 1.29 is 18.4 Å². The molecule has 1 aliphatic rings. The van der Waals surface area contributed by atoms with E-state index in [9.17, 15) is 18.5 Å². The zero-order valence-electron chi connectivity index (χ0n) is 15.2. The average molecular weight is 386 g/mol. The monoisotopic (exact) mass is 386 g/mol. The fraction of sp³-hybridized carbons (Fsp3) is 0.625. The Bertz CT molecular complexity index is 728. The largest absolute Gasteiger partial charge is 0.395 e. The minimum atomic E-state index is -3.75. The van der Waals surface area contributed by atoms with Gasteiger partial charge in [0.05, 0.1) is 16.4 Å². The van der Waals surface area contributed by atoms with E-state index in [0.29, 0.717) is 51.5 Å². The number of nitro groups is 1. The first-order valence-corrected chi connectivity index (χ1v) is 10.2. The predicted octanol–water partition coefficient (Wildman–Crippen LogP) is 0.740. The summed E-state index contributed by atoms with van der Waals surface area (Å²) in [6, 6.07) is 4.12. The van der Waals surface area contributed by atoms with Crippen LogP contribution in [-0.4, -0.2) is 80.1 Å². The molecule has 9 nitrogen and oxygen atoms in total. The highest BCUT2D eigenvalue weighted by molar-refractivity contribution is 7.89. The van der Waals surface area contributed by atoms with Crippen molar-refractivity contribution in [1.29, 1.82) is 0 Å². The van der Waals surface area contributed by atoms with Gasteiger partial charge in [0.2, 0.25) is 10.0 Å². The highest BCUT2D eigenvalue weighted by Crippen LogP contribution is 2.32. The lowest BCUT2D eigenvalue weighted by atomic mass is 10.2. The molecule has 0 spiro atoms. The number of piperazine rings is 1. The number of hydrogen-bond donors (Lipinski definition) is 1. The molecule has 1 heterocycles. The summed E-state index contributed by atoms with van der Waals surface area (Å²) in [6.07, 6.45) is 0. The number of β-amino-alcohol motifs (C(OH)–C–C–N with tert-alkyl or cyclic N) is 1. The summed E-state index contributed by atoms with van der Waals surface area (Å²) in [4.78, 5) is 14.9. The van der Waals surface area contributed by atoms with Gasteiger partial charge in [0.1, 0.15) is 5.69 Å². The fourth-order valence-electron chi connectivity index (χ4n) is 3.14. The van der Waals surface area contributed by atoms with Crippen molar-refractivity contribution in [3.63, 3.8) is 0 Å². The molecule has 0 saturated carbocycles. The van der Waals surface area contributed by atoms with Crippen molar-refractivity contribution in [3.8, 4) is 0 Å². The van der Waals surface area contributed by atoms with E-state index in [1.54, 1.807) is 13.8 Å². The summed E-state index contributed by atoms with van der Waals surface area (Å²) in [5.74, 6) is 0. The van der Waals surface area contributed by atoms with E-state index < -0.39 is 14.9 Å². The number of benzene rings is 1. The van der Waals surface area contributed by atoms with Crippen LogP contribution in [0.15, 0.2) is 23.1 Å². The Morgan fingerprint density at radius 1 is 1.19 bits per heavy atom. The molecule has 1 N–H and O–H groups in total. The Morgan fingerprint density at radius 3 is 2.31 bits per heavy atom. The molecule has 0 aromatic heterocycles. The summed E-state index contributed by atoms with van der Waals surface area (Å²) in [7, 11) is -3.75. The van der Waals surface area contributed by atoms with Crippen LogP contribution in [-0.2, 0) is 10.0 Å². The van der Waals surface area contributed by atoms with Crippen LogP contribution in [0.1, 0.15) is 13.8 Å². The van der Waals surface area contributed by atoms with Gasteiger partial charge >= 0.3 is 0 Å². The highest BCUT2D eigenvalue weighted by Gasteiger charge is 2.28. The molecule has 0 unspecified atom stereocenters. The van der Waals surface area contributed by atoms with E-state index in [0.717, 1.165) is 6.07 Å². The number of nitro benzene ring substituents is 1. The molecule has 1 aromatic carbocycles. The van der Waals surface area contributed by atoms with Crippen molar-refractivity contribution in [2.24, 2.45) is 0 Å². The molecule has 0 atom stereocenters. The zero-order chi connectivity index (χ0) is 19.3. The minimum Gasteiger partial charge on any atom is -0.395 e. The maximum atomic E-state index is 12.6. The van der Waals surface area contributed by atoms with E-state index >= 15 is 0 Å². The molecule has 1 aliphatic heterocycles. The van der Waals surface area contributed by atoms with Crippen molar-refractivity contribution in [3.05, 3.63) is 28.3 Å². The minimum absolute atomic E-state index is 0.0597. The summed E-state index contributed by atoms with van der Waals surface area (Å²) in [5, 5.41) is 20.6. The Morgan fingerprint density at radius 2 is 1.81 bits per heavy atom. The molecule has 0 aliphatic carbocycles. The van der Waals surface area contributed by atoms with Crippen molar-refractivity contribution in [2.45, 2.75) is 18.7 Å². The van der Waals surface area contributed by atoms with Gasteiger partial charge in [-0.2, -0.15) is 4.31 Å². The van der Waals surface area contributed by atoms with Gasteiger partial charge in [-0.1, -0.05) is 13.8 Å². The lowest BCUT2D eigenvalue weighted by Gasteiger charge is -2.35. The number of anilines is 1. The van der Waals surface area contributed by atoms with Crippen LogP contribution < -0.4 is 4.90 Å². The molecule has 10 heteroatoms. The fourth-order valence-corrected chi connectivity index (χ4v) is 4.62. The molecule has 2 rings (SSSR count). The topological polar surface area (TPSA) is 107 Å². The number of aliphatic hydroxyl groups excluding tert-OH is 1. The first kappa shape index (κ1) is 20.6. The summed E-state index contributed by atoms with van der Waals surface area (Å²) >= 11 is 0. The molecule has 0 bridgehead atoms. The number of rotatable bonds is 8. The lowest BCUT2D eigenvalue weighted by molar-refractivity contribution is -0.384. The number of aliphatic hydroxyl groups is 1. The molecular formula is C16H26N4O5S. The quantitative estimate of drug-likeness (QED) is 0.519. The van der Waals surface area contributed by atoms with E-state index in [1.807, 2.05) is 4.90 Å². The van der Waals surface area contributed by atoms with Crippen LogP contribution in [0.2, 0.25) is 0 Å². The lowest BCUT2D eigenvalue weighted by Crippen LogP contribution is -2.47. The van der Waals surface area contributed by atoms with Crippen LogP contribution in [0.5, 0.6) is 0 Å². The van der Waals surface area contributed by atoms with Crippen LogP contribution in [0.25, 0.3) is 0 Å². The van der Waals surface area contributed by atoms with Gasteiger partial charge in [0.15, 0.2) is 0 Å². The standard InChI is InChI=1S/C16H26N4O5S/c1-3-19(4-2)26(24,25)14-5-6-15(16(13-14)20(22)23)18-9-7-17(8-10-18)11-12-21/h5-6,13,21H,3-4,7-12H2,1-2H3. The van der Waals surface area contributed by atoms with E-state index in [4.69, 9.17) is 5.11 Å². The summed E-state index contributed by atoms with van der Waals surface area (Å²) < 4.78 is 26.5. The molecule has 146 valence electrons. The van der Waals surface area contributed by atoms with Crippen LogP contribution in [0.3, 0.4) is 0 Å². The van der Waals surface area contributed by atoms with Crippen molar-refractivity contribution in [1.82, 2.24) is 9.21 Å². The average Bonchev–Trinajstić information content (AvgIpc) is 2.63. The Hall–Kier alpha value is -1.75. The predicted molar refractivity (Wildman–Crippen MR) is 98.9 cm³/mol. The van der Waals surface area contributed by atoms with Gasteiger partial charge in [0.25, 0.3) is 5.69 Å². The number of nitrogens with zero attached hydrogens (tertiary/aromatic N) is 4. The van der Waals surface area contributed by atoms with Crippen molar-refractivity contribution in [2.75, 3.05) is 57.3 Å². The SMILES string of the molecule is CCN(CC)S(=O)(=O)c1ccc(N2CCN(CCO)CC2)c([N+](=O)[O-])c1. The first-order valence-electron chi connectivity index (χ1n) is 8.71. The molecule has 1 saturated heterocycles. The van der Waals surface area contributed by atoms with Gasteiger partial charge < -0.3 is 10.0 Å². The first-order chi connectivity index (χ1) is 12.3. The third-order valence-electron chi connectivity index (χ3n) is 4.62. The van der Waals surface area contributed by atoms with Crippen LogP contribution in [0, 0.1) is 10.1 Å². The molecule has 26 heavy (non-hydrogen) atoms. The third-order valence-corrected chi connectivity index (χ3v) is 6.66. The molecule has 1 aromatic rings. The third kappa shape index (κ3) is 4.32. The molecular weight excluding hydrogens is 360 g/mol. The van der Waals surface area contributed by atoms with Gasteiger partial charge in [-0.15, -0.1) is 0 Å². The second-order valence-corrected chi connectivity index (χ2v) is 7.99. The zero-order valence-corrected chi connectivity index (χ0v) is 16.0. The van der Waals surface area contributed by atoms with Crippen LogP contribution in [0.4, 0.5) is 11.4 Å². The van der Waals surface area contributed by atoms with Gasteiger partial charge in [-0.25, -0.2) is 8.42 Å². The van der Waals surface area contributed by atoms with E-state index in [1.165, 1.54) is 16.4 Å². The molecule has 1 fully saturated rings. The van der Waals surface area contributed by atoms with Gasteiger partial charge in [-0.05, 0) is 12.1 Å². The summed E-state index contributed by atoms with van der Waals surface area (Å²) in [6.45, 7) is 7.29. The van der Waals surface area contributed by atoms with Crippen LogP contribution >= 0.6 is 0 Å². The Labute approximate surface area is 154 Å². The smallest absolute Gasteiger partial charge is 0.293 e. The van der Waals surface area contributed by atoms with E-state index in [-0.39, 0.29) is 17.2 Å². The maximum absolute atomic E-state index is 12.6. The normalized spacial score (nSPS) is 16.2. The summed E-state index contributed by atoms with van der Waals surface area (Å²) in [5.41, 5.74) is 0.228. The van der Waals surface area contributed by atoms with Gasteiger partial charge in [-0.3, -0.25) is 15.0 Å². The second kappa shape index (κ2) is 8.76. The van der Waals surface area contributed by atoms with Gasteiger partial charge in [0, 0.05) is 51.9 Å². The molecule has 0 radical (unpaired) electrons. The number of sulfonamides is 1.